The van der Waals surface area contributed by atoms with Gasteiger partial charge in [0.05, 0.1) is 0 Å². The number of fused-ring (bicyclic) bond motifs is 5. The molecule has 0 atom stereocenters. The lowest BCUT2D eigenvalue weighted by Crippen LogP contribution is -2.09. The number of anilines is 3. The molecule has 8 aromatic rings. The standard InChI is InChI=1S/C35H22N2OS/c1-2-11-25(12-3-1)37(26-18-17-23-9-4-5-10-24(23)21-26)27-19-20-28-33(22-27)39-32-16-8-13-29(34(28)32)35-36-30-14-6-7-15-31(30)38-35/h1-22H. The van der Waals surface area contributed by atoms with E-state index in [9.17, 15) is 0 Å². The van der Waals surface area contributed by atoms with Crippen LogP contribution in [-0.2, 0) is 0 Å². The van der Waals surface area contributed by atoms with Gasteiger partial charge in [-0.15, -0.1) is 11.3 Å². The van der Waals surface area contributed by atoms with Crippen LogP contribution in [0.4, 0.5) is 17.1 Å². The van der Waals surface area contributed by atoms with Crippen LogP contribution in [0.2, 0.25) is 0 Å². The van der Waals surface area contributed by atoms with Crippen LogP contribution in [0.5, 0.6) is 0 Å². The average Bonchev–Trinajstić information content (AvgIpc) is 3.59. The maximum Gasteiger partial charge on any atom is 0.227 e. The van der Waals surface area contributed by atoms with Crippen molar-refractivity contribution >= 4 is 70.4 Å². The van der Waals surface area contributed by atoms with Gasteiger partial charge in [0.2, 0.25) is 5.89 Å². The Hall–Kier alpha value is -4.93. The number of aromatic nitrogens is 1. The Kier molecular flexibility index (Phi) is 5.00. The Morgan fingerprint density at radius 1 is 0.564 bits per heavy atom. The second kappa shape index (κ2) is 8.83. The largest absolute Gasteiger partial charge is 0.436 e. The molecular formula is C35H22N2OS. The SMILES string of the molecule is c1ccc(N(c2ccc3ccccc3c2)c2ccc3c(c2)sc2cccc(-c4nc5ccccc5o4)c23)cc1. The van der Waals surface area contributed by atoms with Crippen molar-refractivity contribution in [3.63, 3.8) is 0 Å². The highest BCUT2D eigenvalue weighted by Gasteiger charge is 2.18. The van der Waals surface area contributed by atoms with E-state index < -0.39 is 0 Å². The predicted molar refractivity (Wildman–Crippen MR) is 165 cm³/mol. The molecule has 8 rings (SSSR count). The highest BCUT2D eigenvalue weighted by atomic mass is 32.1. The number of hydrogen-bond acceptors (Lipinski definition) is 4. The molecule has 0 radical (unpaired) electrons. The fourth-order valence-corrected chi connectivity index (χ4v) is 6.62. The average molecular weight is 519 g/mol. The first-order valence-corrected chi connectivity index (χ1v) is 13.8. The van der Waals surface area contributed by atoms with Crippen LogP contribution >= 0.6 is 11.3 Å². The van der Waals surface area contributed by atoms with Crippen LogP contribution < -0.4 is 4.90 Å². The summed E-state index contributed by atoms with van der Waals surface area (Å²) in [5.41, 5.74) is 6.09. The van der Waals surface area contributed by atoms with Gasteiger partial charge in [-0.25, -0.2) is 4.98 Å². The van der Waals surface area contributed by atoms with Crippen molar-refractivity contribution in [2.24, 2.45) is 0 Å². The molecule has 0 saturated heterocycles. The first kappa shape index (κ1) is 22.1. The maximum atomic E-state index is 6.18. The zero-order chi connectivity index (χ0) is 25.8. The molecule has 0 spiro atoms. The van der Waals surface area contributed by atoms with E-state index in [1.54, 1.807) is 11.3 Å². The van der Waals surface area contributed by atoms with Crippen molar-refractivity contribution in [3.05, 3.63) is 133 Å². The summed E-state index contributed by atoms with van der Waals surface area (Å²) in [6.07, 6.45) is 0. The van der Waals surface area contributed by atoms with Gasteiger partial charge in [0, 0.05) is 42.8 Å². The molecule has 184 valence electrons. The Balaban J connectivity index is 1.31. The molecule has 0 fully saturated rings. The lowest BCUT2D eigenvalue weighted by Gasteiger charge is -2.26. The van der Waals surface area contributed by atoms with Crippen LogP contribution in [-0.4, -0.2) is 4.98 Å². The number of hydrogen-bond donors (Lipinski definition) is 0. The van der Waals surface area contributed by atoms with Crippen molar-refractivity contribution in [1.29, 1.82) is 0 Å². The molecule has 0 aliphatic heterocycles. The summed E-state index contributed by atoms with van der Waals surface area (Å²) in [6, 6.07) is 46.8. The van der Waals surface area contributed by atoms with Crippen LogP contribution in [0.15, 0.2) is 138 Å². The van der Waals surface area contributed by atoms with Gasteiger partial charge in [-0.1, -0.05) is 72.8 Å². The van der Waals surface area contributed by atoms with Crippen LogP contribution in [0.3, 0.4) is 0 Å². The van der Waals surface area contributed by atoms with E-state index in [-0.39, 0.29) is 0 Å². The fourth-order valence-electron chi connectivity index (χ4n) is 5.46. The number of rotatable bonds is 4. The molecule has 39 heavy (non-hydrogen) atoms. The summed E-state index contributed by atoms with van der Waals surface area (Å²) in [7, 11) is 0. The Bertz CT molecular complexity index is 2110. The fraction of sp³-hybridized carbons (Fsp3) is 0. The van der Waals surface area contributed by atoms with Gasteiger partial charge < -0.3 is 9.32 Å². The van der Waals surface area contributed by atoms with E-state index in [0.29, 0.717) is 5.89 Å². The molecule has 2 aromatic heterocycles. The van der Waals surface area contributed by atoms with Crippen molar-refractivity contribution < 1.29 is 4.42 Å². The lowest BCUT2D eigenvalue weighted by atomic mass is 10.0. The minimum Gasteiger partial charge on any atom is -0.436 e. The zero-order valence-electron chi connectivity index (χ0n) is 20.9. The molecular weight excluding hydrogens is 496 g/mol. The number of benzene rings is 6. The Morgan fingerprint density at radius 2 is 1.33 bits per heavy atom. The number of oxazole rings is 1. The van der Waals surface area contributed by atoms with Crippen molar-refractivity contribution in [2.45, 2.75) is 0 Å². The van der Waals surface area contributed by atoms with E-state index in [2.05, 4.69) is 114 Å². The molecule has 3 nitrogen and oxygen atoms in total. The molecule has 6 aromatic carbocycles. The van der Waals surface area contributed by atoms with Crippen molar-refractivity contribution in [1.82, 2.24) is 4.98 Å². The summed E-state index contributed by atoms with van der Waals surface area (Å²) in [5, 5.41) is 4.86. The summed E-state index contributed by atoms with van der Waals surface area (Å²) >= 11 is 1.81. The van der Waals surface area contributed by atoms with Gasteiger partial charge in [-0.05, 0) is 71.4 Å². The topological polar surface area (TPSA) is 29.3 Å². The smallest absolute Gasteiger partial charge is 0.227 e. The van der Waals surface area contributed by atoms with Gasteiger partial charge in [-0.2, -0.15) is 0 Å². The van der Waals surface area contributed by atoms with Gasteiger partial charge in [-0.3, -0.25) is 0 Å². The maximum absolute atomic E-state index is 6.18. The van der Waals surface area contributed by atoms with E-state index in [1.165, 1.54) is 30.9 Å². The predicted octanol–water partition coefficient (Wildman–Crippen LogP) is 10.5. The molecule has 0 amide bonds. The molecule has 0 aliphatic carbocycles. The third kappa shape index (κ3) is 3.69. The van der Waals surface area contributed by atoms with Crippen LogP contribution in [0.1, 0.15) is 0 Å². The molecule has 4 heteroatoms. The molecule has 0 unspecified atom stereocenters. The minimum atomic E-state index is 0.660. The second-order valence-electron chi connectivity index (χ2n) is 9.65. The lowest BCUT2D eigenvalue weighted by molar-refractivity contribution is 0.620. The van der Waals surface area contributed by atoms with Gasteiger partial charge in [0.1, 0.15) is 5.52 Å². The molecule has 0 N–H and O–H groups in total. The monoisotopic (exact) mass is 518 g/mol. The summed E-state index contributed by atoms with van der Waals surface area (Å²) < 4.78 is 8.63. The summed E-state index contributed by atoms with van der Waals surface area (Å²) in [4.78, 5) is 7.13. The van der Waals surface area contributed by atoms with Gasteiger partial charge in [0.25, 0.3) is 0 Å². The minimum absolute atomic E-state index is 0.660. The van der Waals surface area contributed by atoms with E-state index in [0.717, 1.165) is 33.7 Å². The third-order valence-corrected chi connectivity index (χ3v) is 8.39. The highest BCUT2D eigenvalue weighted by Crippen LogP contribution is 2.44. The van der Waals surface area contributed by atoms with Crippen LogP contribution in [0.25, 0.3) is 53.5 Å². The normalized spacial score (nSPS) is 11.6. The highest BCUT2D eigenvalue weighted by molar-refractivity contribution is 7.26. The summed E-state index contributed by atoms with van der Waals surface area (Å²) in [6.45, 7) is 0. The number of nitrogens with zero attached hydrogens (tertiary/aromatic N) is 2. The molecule has 0 aliphatic rings. The first-order valence-electron chi connectivity index (χ1n) is 13.0. The van der Waals surface area contributed by atoms with Gasteiger partial charge >= 0.3 is 0 Å². The Morgan fingerprint density at radius 3 is 2.23 bits per heavy atom. The number of para-hydroxylation sites is 3. The first-order chi connectivity index (χ1) is 19.3. The molecule has 2 heterocycles. The quantitative estimate of drug-likeness (QED) is 0.232. The van der Waals surface area contributed by atoms with Crippen molar-refractivity contribution in [3.8, 4) is 11.5 Å². The van der Waals surface area contributed by atoms with E-state index in [4.69, 9.17) is 9.40 Å². The molecule has 0 saturated carbocycles. The van der Waals surface area contributed by atoms with Crippen LogP contribution in [0, 0.1) is 0 Å². The molecule has 0 bridgehead atoms. The zero-order valence-corrected chi connectivity index (χ0v) is 21.7. The van der Waals surface area contributed by atoms with E-state index >= 15 is 0 Å². The Labute approximate surface area is 229 Å². The third-order valence-electron chi connectivity index (χ3n) is 7.27. The van der Waals surface area contributed by atoms with Crippen molar-refractivity contribution in [2.75, 3.05) is 4.90 Å². The summed E-state index contributed by atoms with van der Waals surface area (Å²) in [5.74, 6) is 0.660. The second-order valence-corrected chi connectivity index (χ2v) is 10.7. The number of thiophene rings is 1. The van der Waals surface area contributed by atoms with E-state index in [1.807, 2.05) is 24.3 Å². The van der Waals surface area contributed by atoms with Gasteiger partial charge in [0.15, 0.2) is 5.58 Å².